The molecule has 2 heteroatoms. The molecule has 0 aromatic rings. The number of allylic oxidation sites excluding steroid dienone is 3. The van der Waals surface area contributed by atoms with Gasteiger partial charge < -0.3 is 0 Å². The molecule has 1 nitrogen and oxygen atoms in total. The summed E-state index contributed by atoms with van der Waals surface area (Å²) < 4.78 is 0. The summed E-state index contributed by atoms with van der Waals surface area (Å²) in [5, 5.41) is 0.226. The zero-order valence-electron chi connectivity index (χ0n) is 6.44. The Hall–Kier alpha value is -0.760. The number of aliphatic imine (C=N–C) groups is 1. The second kappa shape index (κ2) is 4.19. The molecule has 0 aliphatic heterocycles. The van der Waals surface area contributed by atoms with Crippen molar-refractivity contribution in [2.45, 2.75) is 12.2 Å². The molecule has 0 saturated carbocycles. The van der Waals surface area contributed by atoms with Crippen LogP contribution in [0.15, 0.2) is 41.1 Å². The number of hydrogen-bond acceptors (Lipinski definition) is 2. The predicted molar refractivity (Wildman–Crippen MR) is 53.3 cm³/mol. The number of rotatable bonds is 2. The lowest BCUT2D eigenvalue weighted by Crippen LogP contribution is -1.95. The summed E-state index contributed by atoms with van der Waals surface area (Å²) in [5.41, 5.74) is 1.14. The van der Waals surface area contributed by atoms with Crippen LogP contribution in [0.4, 0.5) is 0 Å². The summed E-state index contributed by atoms with van der Waals surface area (Å²) in [5.74, 6) is 0. The van der Waals surface area contributed by atoms with Gasteiger partial charge in [-0.15, -0.1) is 0 Å². The highest BCUT2D eigenvalue weighted by Crippen LogP contribution is 2.14. The molecular weight excluding hydrogens is 154 g/mol. The van der Waals surface area contributed by atoms with Crippen molar-refractivity contribution in [1.82, 2.24) is 0 Å². The monoisotopic (exact) mass is 165 g/mol. The lowest BCUT2D eigenvalue weighted by atomic mass is 10.2. The largest absolute Gasteiger partial charge is 0.265 e. The summed E-state index contributed by atoms with van der Waals surface area (Å²) in [4.78, 5) is 4.06. The van der Waals surface area contributed by atoms with Crippen LogP contribution in [0, 0.1) is 0 Å². The third-order valence-electron chi connectivity index (χ3n) is 1.38. The minimum atomic E-state index is 0.226. The molecule has 0 saturated heterocycles. The molecule has 1 aliphatic carbocycles. The van der Waals surface area contributed by atoms with Crippen LogP contribution in [0.5, 0.6) is 0 Å². The molecule has 0 aromatic carbocycles. The third-order valence-corrected chi connectivity index (χ3v) is 1.85. The Kier molecular flexibility index (Phi) is 3.17. The van der Waals surface area contributed by atoms with E-state index >= 15 is 0 Å². The molecule has 0 spiro atoms. The minimum Gasteiger partial charge on any atom is -0.265 e. The second-order valence-electron chi connectivity index (χ2n) is 2.26. The van der Waals surface area contributed by atoms with Crippen LogP contribution < -0.4 is 0 Å². The van der Waals surface area contributed by atoms with E-state index in [4.69, 9.17) is 0 Å². The first-order valence-corrected chi connectivity index (χ1v) is 4.07. The van der Waals surface area contributed by atoms with Gasteiger partial charge in [-0.05, 0) is 12.5 Å². The molecule has 0 bridgehead atoms. The molecule has 1 rings (SSSR count). The van der Waals surface area contributed by atoms with Gasteiger partial charge in [0.25, 0.3) is 0 Å². The topological polar surface area (TPSA) is 12.4 Å². The fourth-order valence-corrected chi connectivity index (χ4v) is 1.07. The maximum Gasteiger partial charge on any atom is 0.0465 e. The summed E-state index contributed by atoms with van der Waals surface area (Å²) in [6, 6.07) is 0. The van der Waals surface area contributed by atoms with Crippen LogP contribution in [0.2, 0.25) is 0 Å². The smallest absolute Gasteiger partial charge is 0.0465 e. The third kappa shape index (κ3) is 2.39. The van der Waals surface area contributed by atoms with Crippen molar-refractivity contribution in [2.24, 2.45) is 4.99 Å². The van der Waals surface area contributed by atoms with Gasteiger partial charge >= 0.3 is 0 Å². The summed E-state index contributed by atoms with van der Waals surface area (Å²) >= 11 is 4.32. The van der Waals surface area contributed by atoms with Crippen molar-refractivity contribution >= 4 is 18.8 Å². The highest BCUT2D eigenvalue weighted by Gasteiger charge is 2.05. The molecule has 0 radical (unpaired) electrons. The van der Waals surface area contributed by atoms with Crippen molar-refractivity contribution in [2.75, 3.05) is 0 Å². The summed E-state index contributed by atoms with van der Waals surface area (Å²) in [7, 11) is 0. The van der Waals surface area contributed by atoms with Gasteiger partial charge in [-0.1, -0.05) is 24.3 Å². The molecule has 1 aliphatic rings. The first-order chi connectivity index (χ1) is 5.34. The molecule has 11 heavy (non-hydrogen) atoms. The van der Waals surface area contributed by atoms with Crippen LogP contribution >= 0.6 is 12.6 Å². The van der Waals surface area contributed by atoms with E-state index in [1.807, 2.05) is 37.4 Å². The van der Waals surface area contributed by atoms with Gasteiger partial charge in [0.2, 0.25) is 0 Å². The van der Waals surface area contributed by atoms with Crippen molar-refractivity contribution in [3.05, 3.63) is 36.1 Å². The van der Waals surface area contributed by atoms with Crippen LogP contribution in [-0.4, -0.2) is 11.5 Å². The summed E-state index contributed by atoms with van der Waals surface area (Å²) in [6.07, 6.45) is 11.5. The van der Waals surface area contributed by atoms with Crippen molar-refractivity contribution in [3.63, 3.8) is 0 Å². The summed E-state index contributed by atoms with van der Waals surface area (Å²) in [6.45, 7) is 1.94. The van der Waals surface area contributed by atoms with E-state index < -0.39 is 0 Å². The molecule has 1 unspecified atom stereocenters. The van der Waals surface area contributed by atoms with Crippen molar-refractivity contribution < 1.29 is 0 Å². The Bertz CT molecular complexity index is 236. The average Bonchev–Trinajstić information content (AvgIpc) is 2.37. The van der Waals surface area contributed by atoms with Gasteiger partial charge in [0.05, 0.1) is 0 Å². The normalized spacial score (nSPS) is 23.8. The second-order valence-corrected chi connectivity index (χ2v) is 2.81. The number of nitrogens with zero attached hydrogens (tertiary/aromatic N) is 1. The van der Waals surface area contributed by atoms with E-state index in [1.54, 1.807) is 6.20 Å². The van der Waals surface area contributed by atoms with Crippen LogP contribution in [-0.2, 0) is 0 Å². The van der Waals surface area contributed by atoms with Gasteiger partial charge in [-0.25, -0.2) is 0 Å². The average molecular weight is 165 g/mol. The highest BCUT2D eigenvalue weighted by molar-refractivity contribution is 7.81. The maximum absolute atomic E-state index is 4.32. The van der Waals surface area contributed by atoms with Crippen LogP contribution in [0.25, 0.3) is 0 Å². The highest BCUT2D eigenvalue weighted by atomic mass is 32.1. The molecule has 0 fully saturated rings. The molecular formula is C9H11NS. The van der Waals surface area contributed by atoms with E-state index in [0.29, 0.717) is 0 Å². The zero-order chi connectivity index (χ0) is 8.10. The van der Waals surface area contributed by atoms with E-state index in [-0.39, 0.29) is 5.25 Å². The fraction of sp³-hybridized carbons (Fsp3) is 0.222. The van der Waals surface area contributed by atoms with Crippen molar-refractivity contribution in [1.29, 1.82) is 0 Å². The Morgan fingerprint density at radius 2 is 2.45 bits per heavy atom. The lowest BCUT2D eigenvalue weighted by molar-refractivity contribution is 1.40. The first-order valence-electron chi connectivity index (χ1n) is 3.55. The lowest BCUT2D eigenvalue weighted by Gasteiger charge is -1.97. The van der Waals surface area contributed by atoms with E-state index in [1.165, 1.54) is 0 Å². The Balaban J connectivity index is 2.51. The van der Waals surface area contributed by atoms with Gasteiger partial charge in [0.1, 0.15) is 0 Å². The molecule has 1 atom stereocenters. The predicted octanol–water partition coefficient (Wildman–Crippen LogP) is 2.39. The Morgan fingerprint density at radius 1 is 1.64 bits per heavy atom. The fourth-order valence-electron chi connectivity index (χ4n) is 0.816. The molecule has 0 heterocycles. The van der Waals surface area contributed by atoms with Crippen molar-refractivity contribution in [3.8, 4) is 0 Å². The standard InChI is InChI=1S/C9H11NS/c1-2-6-10-7-8-4-3-5-9(8)11/h2-7,9,11H,1H3/b6-2-,10-7-. The SMILES string of the molecule is C/C=C\N=C/C1=CC=CC1S. The van der Waals surface area contributed by atoms with Gasteiger partial charge in [-0.2, -0.15) is 12.6 Å². The molecule has 0 amide bonds. The van der Waals surface area contributed by atoms with Crippen LogP contribution in [0.1, 0.15) is 6.92 Å². The quantitative estimate of drug-likeness (QED) is 0.476. The van der Waals surface area contributed by atoms with E-state index in [2.05, 4.69) is 17.6 Å². The number of thiol groups is 1. The van der Waals surface area contributed by atoms with E-state index in [9.17, 15) is 0 Å². The van der Waals surface area contributed by atoms with Gasteiger partial charge in [0.15, 0.2) is 0 Å². The maximum atomic E-state index is 4.32. The van der Waals surface area contributed by atoms with Crippen LogP contribution in [0.3, 0.4) is 0 Å². The molecule has 0 N–H and O–H groups in total. The van der Waals surface area contributed by atoms with Gasteiger partial charge in [0, 0.05) is 17.7 Å². The first kappa shape index (κ1) is 8.34. The Morgan fingerprint density at radius 3 is 3.00 bits per heavy atom. The molecule has 58 valence electrons. The Labute approximate surface area is 72.6 Å². The minimum absolute atomic E-state index is 0.226. The molecule has 0 aromatic heterocycles. The van der Waals surface area contributed by atoms with E-state index in [0.717, 1.165) is 5.57 Å². The van der Waals surface area contributed by atoms with Gasteiger partial charge in [-0.3, -0.25) is 4.99 Å². The zero-order valence-corrected chi connectivity index (χ0v) is 7.33. The number of hydrogen-bond donors (Lipinski definition) is 1.